The summed E-state index contributed by atoms with van der Waals surface area (Å²) in [6.45, 7) is 6.08. The Kier molecular flexibility index (Phi) is 3.78. The van der Waals surface area contributed by atoms with Crippen molar-refractivity contribution in [2.24, 2.45) is 0 Å². The molecular formula is C16H17NO. The van der Waals surface area contributed by atoms with Crippen LogP contribution >= 0.6 is 0 Å². The molecule has 0 aliphatic rings. The second kappa shape index (κ2) is 5.50. The normalized spacial score (nSPS) is 9.94. The van der Waals surface area contributed by atoms with Crippen LogP contribution in [0.1, 0.15) is 19.4 Å². The van der Waals surface area contributed by atoms with Crippen molar-refractivity contribution in [2.75, 3.05) is 0 Å². The van der Waals surface area contributed by atoms with E-state index in [1.807, 2.05) is 26.1 Å². The first-order valence-electron chi connectivity index (χ1n) is 6.23. The lowest BCUT2D eigenvalue weighted by molar-refractivity contribution is 0.603. The third-order valence-electron chi connectivity index (χ3n) is 2.69. The minimum atomic E-state index is 0.691. The molecule has 0 aliphatic heterocycles. The van der Waals surface area contributed by atoms with Gasteiger partial charge in [0.2, 0.25) is 5.71 Å². The molecule has 3 aromatic rings. The van der Waals surface area contributed by atoms with E-state index in [2.05, 4.69) is 42.2 Å². The first-order valence-corrected chi connectivity index (χ1v) is 6.23. The standard InChI is InChI=1S/C14H11NO.C2H6/c1-10-2-4-11(5-3-10)13-8-12-6-7-16-14(12)15-9-13;1-2/h2-9H,1H3;1-2H3. The maximum absolute atomic E-state index is 5.22. The molecule has 0 radical (unpaired) electrons. The summed E-state index contributed by atoms with van der Waals surface area (Å²) in [7, 11) is 0. The molecule has 0 unspecified atom stereocenters. The fraction of sp³-hybridized carbons (Fsp3) is 0.188. The molecule has 0 N–H and O–H groups in total. The van der Waals surface area contributed by atoms with Gasteiger partial charge in [-0.15, -0.1) is 0 Å². The zero-order valence-electron chi connectivity index (χ0n) is 11.0. The highest BCUT2D eigenvalue weighted by Crippen LogP contribution is 2.23. The van der Waals surface area contributed by atoms with Gasteiger partial charge in [-0.05, 0) is 24.6 Å². The summed E-state index contributed by atoms with van der Waals surface area (Å²) in [4.78, 5) is 4.27. The van der Waals surface area contributed by atoms with E-state index in [0.29, 0.717) is 5.71 Å². The predicted molar refractivity (Wildman–Crippen MR) is 75.5 cm³/mol. The fourth-order valence-corrected chi connectivity index (χ4v) is 1.76. The van der Waals surface area contributed by atoms with Crippen LogP contribution in [-0.2, 0) is 0 Å². The molecule has 0 atom stereocenters. The third-order valence-corrected chi connectivity index (χ3v) is 2.69. The van der Waals surface area contributed by atoms with Gasteiger partial charge in [-0.25, -0.2) is 4.98 Å². The van der Waals surface area contributed by atoms with Crippen LogP contribution in [0.15, 0.2) is 53.3 Å². The second-order valence-electron chi connectivity index (χ2n) is 3.90. The number of hydrogen-bond donors (Lipinski definition) is 0. The first kappa shape index (κ1) is 12.4. The summed E-state index contributed by atoms with van der Waals surface area (Å²) >= 11 is 0. The Labute approximate surface area is 107 Å². The van der Waals surface area contributed by atoms with Gasteiger partial charge in [0.1, 0.15) is 0 Å². The summed E-state index contributed by atoms with van der Waals surface area (Å²) in [5.74, 6) is 0. The van der Waals surface area contributed by atoms with Gasteiger partial charge in [0.05, 0.1) is 6.26 Å². The van der Waals surface area contributed by atoms with Gasteiger partial charge in [0.25, 0.3) is 0 Å². The van der Waals surface area contributed by atoms with E-state index in [4.69, 9.17) is 4.42 Å². The summed E-state index contributed by atoms with van der Waals surface area (Å²) in [6, 6.07) is 12.5. The van der Waals surface area contributed by atoms with Crippen LogP contribution in [0.2, 0.25) is 0 Å². The minimum Gasteiger partial charge on any atom is -0.446 e. The molecule has 0 fully saturated rings. The molecule has 2 heterocycles. The highest BCUT2D eigenvalue weighted by Gasteiger charge is 2.02. The lowest BCUT2D eigenvalue weighted by Crippen LogP contribution is -1.80. The van der Waals surface area contributed by atoms with Gasteiger partial charge in [-0.2, -0.15) is 0 Å². The van der Waals surface area contributed by atoms with Crippen molar-refractivity contribution in [2.45, 2.75) is 20.8 Å². The number of hydrogen-bond acceptors (Lipinski definition) is 2. The van der Waals surface area contributed by atoms with E-state index in [0.717, 1.165) is 10.9 Å². The summed E-state index contributed by atoms with van der Waals surface area (Å²) in [6.07, 6.45) is 3.51. The van der Waals surface area contributed by atoms with Crippen LogP contribution < -0.4 is 0 Å². The van der Waals surface area contributed by atoms with Crippen LogP contribution in [0, 0.1) is 6.92 Å². The van der Waals surface area contributed by atoms with Crippen molar-refractivity contribution in [1.82, 2.24) is 4.98 Å². The van der Waals surface area contributed by atoms with Gasteiger partial charge in [-0.1, -0.05) is 43.7 Å². The molecule has 3 rings (SSSR count). The van der Waals surface area contributed by atoms with Gasteiger partial charge in [-0.3, -0.25) is 0 Å². The number of aryl methyl sites for hydroxylation is 1. The topological polar surface area (TPSA) is 26.0 Å². The van der Waals surface area contributed by atoms with Crippen molar-refractivity contribution in [3.8, 4) is 11.1 Å². The summed E-state index contributed by atoms with van der Waals surface area (Å²) in [5, 5.41) is 1.04. The number of furan rings is 1. The average Bonchev–Trinajstić information content (AvgIpc) is 2.89. The second-order valence-corrected chi connectivity index (χ2v) is 3.90. The van der Waals surface area contributed by atoms with E-state index in [9.17, 15) is 0 Å². The Balaban J connectivity index is 0.000000574. The first-order chi connectivity index (χ1) is 8.83. The molecule has 1 aromatic carbocycles. The number of benzene rings is 1. The molecule has 92 valence electrons. The summed E-state index contributed by atoms with van der Waals surface area (Å²) < 4.78 is 5.22. The monoisotopic (exact) mass is 239 g/mol. The Morgan fingerprint density at radius 3 is 2.39 bits per heavy atom. The van der Waals surface area contributed by atoms with Crippen LogP contribution in [0.3, 0.4) is 0 Å². The molecule has 18 heavy (non-hydrogen) atoms. The van der Waals surface area contributed by atoms with Gasteiger partial charge in [0.15, 0.2) is 0 Å². The van der Waals surface area contributed by atoms with Gasteiger partial charge in [0, 0.05) is 17.1 Å². The Bertz CT molecular complexity index is 623. The zero-order valence-corrected chi connectivity index (χ0v) is 11.0. The van der Waals surface area contributed by atoms with E-state index < -0.39 is 0 Å². The predicted octanol–water partition coefficient (Wildman–Crippen LogP) is 4.83. The molecule has 0 bridgehead atoms. The lowest BCUT2D eigenvalue weighted by atomic mass is 10.1. The van der Waals surface area contributed by atoms with Crippen molar-refractivity contribution in [3.05, 3.63) is 54.4 Å². The van der Waals surface area contributed by atoms with Gasteiger partial charge < -0.3 is 4.42 Å². The number of nitrogens with zero attached hydrogens (tertiary/aromatic N) is 1. The number of pyridine rings is 1. The Hall–Kier alpha value is -2.09. The van der Waals surface area contributed by atoms with E-state index in [1.165, 1.54) is 11.1 Å². The molecular weight excluding hydrogens is 222 g/mol. The molecule has 2 aromatic heterocycles. The molecule has 0 amide bonds. The summed E-state index contributed by atoms with van der Waals surface area (Å²) in [5.41, 5.74) is 4.26. The average molecular weight is 239 g/mol. The van der Waals surface area contributed by atoms with Crippen LogP contribution in [0.4, 0.5) is 0 Å². The van der Waals surface area contributed by atoms with Crippen molar-refractivity contribution in [1.29, 1.82) is 0 Å². The molecule has 0 saturated heterocycles. The Morgan fingerprint density at radius 2 is 1.67 bits per heavy atom. The van der Waals surface area contributed by atoms with Gasteiger partial charge >= 0.3 is 0 Å². The minimum absolute atomic E-state index is 0.691. The highest BCUT2D eigenvalue weighted by atomic mass is 16.3. The Morgan fingerprint density at radius 1 is 0.944 bits per heavy atom. The lowest BCUT2D eigenvalue weighted by Gasteiger charge is -2.01. The molecule has 0 saturated carbocycles. The van der Waals surface area contributed by atoms with Crippen LogP contribution in [-0.4, -0.2) is 4.98 Å². The fourth-order valence-electron chi connectivity index (χ4n) is 1.76. The number of rotatable bonds is 1. The maximum atomic E-state index is 5.22. The van der Waals surface area contributed by atoms with E-state index in [1.54, 1.807) is 6.26 Å². The van der Waals surface area contributed by atoms with Crippen LogP contribution in [0.25, 0.3) is 22.2 Å². The SMILES string of the molecule is CC.Cc1ccc(-c2cnc3occc3c2)cc1. The molecule has 0 aliphatic carbocycles. The molecule has 2 heteroatoms. The van der Waals surface area contributed by atoms with Crippen molar-refractivity contribution < 1.29 is 4.42 Å². The van der Waals surface area contributed by atoms with Crippen molar-refractivity contribution in [3.63, 3.8) is 0 Å². The van der Waals surface area contributed by atoms with E-state index >= 15 is 0 Å². The highest BCUT2D eigenvalue weighted by molar-refractivity contribution is 5.79. The molecule has 2 nitrogen and oxygen atoms in total. The number of fused-ring (bicyclic) bond motifs is 1. The van der Waals surface area contributed by atoms with Crippen LogP contribution in [0.5, 0.6) is 0 Å². The smallest absolute Gasteiger partial charge is 0.225 e. The van der Waals surface area contributed by atoms with Crippen molar-refractivity contribution >= 4 is 11.1 Å². The van der Waals surface area contributed by atoms with E-state index in [-0.39, 0.29) is 0 Å². The molecule has 0 spiro atoms. The quantitative estimate of drug-likeness (QED) is 0.608. The largest absolute Gasteiger partial charge is 0.446 e. The number of aromatic nitrogens is 1. The maximum Gasteiger partial charge on any atom is 0.225 e. The zero-order chi connectivity index (χ0) is 13.0. The third kappa shape index (κ3) is 2.43.